The predicted molar refractivity (Wildman–Crippen MR) is 70.8 cm³/mol. The molecule has 1 aliphatic rings. The lowest BCUT2D eigenvalue weighted by Gasteiger charge is -2.26. The Hall–Kier alpha value is -2.43. The first-order chi connectivity index (χ1) is 9.65. The first-order valence-electron chi connectivity index (χ1n) is 6.24. The van der Waals surface area contributed by atoms with Gasteiger partial charge >= 0.3 is 0 Å². The average Bonchev–Trinajstić information content (AvgIpc) is 2.81. The van der Waals surface area contributed by atoms with Gasteiger partial charge in [-0.3, -0.25) is 15.2 Å². The molecule has 1 atom stereocenters. The number of anilines is 1. The van der Waals surface area contributed by atoms with Gasteiger partial charge in [-0.15, -0.1) is 0 Å². The maximum Gasteiger partial charge on any atom is 0.241 e. The number of nitrogens with one attached hydrogen (secondary N) is 1. The number of benzene rings is 2. The maximum atomic E-state index is 13.9. The molecule has 1 N–H and O–H groups in total. The fraction of sp³-hybridized carbons (Fsp3) is 0.133. The smallest absolute Gasteiger partial charge is 0.241 e. The summed E-state index contributed by atoms with van der Waals surface area (Å²) >= 11 is 0. The number of nitrogens with zero attached hydrogens (tertiary/aromatic N) is 1. The Labute approximate surface area is 114 Å². The molecule has 1 aliphatic heterocycles. The zero-order valence-corrected chi connectivity index (χ0v) is 10.5. The molecular weight excluding hydrogens is 262 g/mol. The van der Waals surface area contributed by atoms with Crippen LogP contribution in [-0.4, -0.2) is 5.91 Å². The highest BCUT2D eigenvalue weighted by atomic mass is 19.1. The minimum Gasteiger partial charge on any atom is -0.275 e. The molecule has 0 aliphatic carbocycles. The van der Waals surface area contributed by atoms with Crippen molar-refractivity contribution in [3.63, 3.8) is 0 Å². The third-order valence-corrected chi connectivity index (χ3v) is 3.29. The van der Waals surface area contributed by atoms with E-state index in [0.717, 1.165) is 11.6 Å². The monoisotopic (exact) mass is 274 g/mol. The molecule has 1 amide bonds. The lowest BCUT2D eigenvalue weighted by Crippen LogP contribution is -2.35. The SMILES string of the molecule is O=C1CC(c2ccccc2)N(c2ccc(F)cc2F)N1. The molecule has 2 aromatic carbocycles. The van der Waals surface area contributed by atoms with E-state index in [0.29, 0.717) is 0 Å². The number of hydrogen-bond donors (Lipinski definition) is 1. The van der Waals surface area contributed by atoms with Gasteiger partial charge in [0.15, 0.2) is 5.82 Å². The van der Waals surface area contributed by atoms with Crippen LogP contribution < -0.4 is 10.4 Å². The fourth-order valence-corrected chi connectivity index (χ4v) is 2.37. The second kappa shape index (κ2) is 4.92. The minimum absolute atomic E-state index is 0.158. The fourth-order valence-electron chi connectivity index (χ4n) is 2.37. The second-order valence-corrected chi connectivity index (χ2v) is 4.63. The molecule has 0 bridgehead atoms. The predicted octanol–water partition coefficient (Wildman–Crippen LogP) is 2.95. The standard InChI is InChI=1S/C15H12F2N2O/c16-11-6-7-13(12(17)8-11)19-14(9-15(20)18-19)10-4-2-1-3-5-10/h1-8,14H,9H2,(H,18,20). The van der Waals surface area contributed by atoms with E-state index < -0.39 is 11.6 Å². The average molecular weight is 274 g/mol. The van der Waals surface area contributed by atoms with Gasteiger partial charge in [0.05, 0.1) is 18.2 Å². The molecule has 0 aromatic heterocycles. The third-order valence-electron chi connectivity index (χ3n) is 3.29. The molecule has 0 saturated carbocycles. The largest absolute Gasteiger partial charge is 0.275 e. The quantitative estimate of drug-likeness (QED) is 0.913. The van der Waals surface area contributed by atoms with Crippen molar-refractivity contribution in [2.24, 2.45) is 0 Å². The Kier molecular flexibility index (Phi) is 3.10. The van der Waals surface area contributed by atoms with Gasteiger partial charge in [0.1, 0.15) is 5.82 Å². The van der Waals surface area contributed by atoms with E-state index in [1.807, 2.05) is 30.3 Å². The highest BCUT2D eigenvalue weighted by Crippen LogP contribution is 2.33. The molecule has 0 spiro atoms. The highest BCUT2D eigenvalue weighted by Gasteiger charge is 2.33. The Bertz CT molecular complexity index is 646. The Morgan fingerprint density at radius 2 is 1.85 bits per heavy atom. The number of carbonyl (C=O) groups excluding carboxylic acids is 1. The van der Waals surface area contributed by atoms with E-state index in [4.69, 9.17) is 0 Å². The topological polar surface area (TPSA) is 32.3 Å². The molecule has 2 aromatic rings. The van der Waals surface area contributed by atoms with Crippen molar-refractivity contribution >= 4 is 11.6 Å². The number of amides is 1. The molecule has 20 heavy (non-hydrogen) atoms. The summed E-state index contributed by atoms with van der Waals surface area (Å²) in [6.45, 7) is 0. The van der Waals surface area contributed by atoms with Crippen LogP contribution in [-0.2, 0) is 4.79 Å². The van der Waals surface area contributed by atoms with E-state index in [-0.39, 0.29) is 24.1 Å². The number of rotatable bonds is 2. The van der Waals surface area contributed by atoms with Crippen LogP contribution in [0.5, 0.6) is 0 Å². The van der Waals surface area contributed by atoms with Crippen molar-refractivity contribution in [2.45, 2.75) is 12.5 Å². The summed E-state index contributed by atoms with van der Waals surface area (Å²) in [4.78, 5) is 11.6. The summed E-state index contributed by atoms with van der Waals surface area (Å²) in [5.41, 5.74) is 3.67. The molecule has 3 nitrogen and oxygen atoms in total. The van der Waals surface area contributed by atoms with E-state index in [1.54, 1.807) is 0 Å². The summed E-state index contributed by atoms with van der Waals surface area (Å²) in [6, 6.07) is 12.3. The van der Waals surface area contributed by atoms with Crippen molar-refractivity contribution in [1.29, 1.82) is 0 Å². The zero-order valence-electron chi connectivity index (χ0n) is 10.5. The number of hydrazine groups is 1. The number of carbonyl (C=O) groups is 1. The normalized spacial score (nSPS) is 18.2. The summed E-state index contributed by atoms with van der Waals surface area (Å²) in [7, 11) is 0. The van der Waals surface area contributed by atoms with Crippen LogP contribution in [0.25, 0.3) is 0 Å². The first kappa shape index (κ1) is 12.6. The van der Waals surface area contributed by atoms with Gasteiger partial charge in [0.2, 0.25) is 5.91 Å². The van der Waals surface area contributed by atoms with Crippen molar-refractivity contribution in [3.8, 4) is 0 Å². The minimum atomic E-state index is -0.701. The lowest BCUT2D eigenvalue weighted by atomic mass is 10.0. The molecule has 1 unspecified atom stereocenters. The van der Waals surface area contributed by atoms with Crippen molar-refractivity contribution < 1.29 is 13.6 Å². The van der Waals surface area contributed by atoms with Crippen molar-refractivity contribution in [1.82, 2.24) is 5.43 Å². The van der Waals surface area contributed by atoms with E-state index >= 15 is 0 Å². The van der Waals surface area contributed by atoms with Gasteiger partial charge in [-0.05, 0) is 17.7 Å². The number of hydrogen-bond acceptors (Lipinski definition) is 2. The van der Waals surface area contributed by atoms with Crippen LogP contribution in [0.15, 0.2) is 48.5 Å². The van der Waals surface area contributed by atoms with E-state index in [1.165, 1.54) is 17.1 Å². The van der Waals surface area contributed by atoms with Gasteiger partial charge in [-0.25, -0.2) is 8.78 Å². The maximum absolute atomic E-state index is 13.9. The third kappa shape index (κ3) is 2.22. The van der Waals surface area contributed by atoms with Gasteiger partial charge in [-0.1, -0.05) is 30.3 Å². The highest BCUT2D eigenvalue weighted by molar-refractivity contribution is 5.83. The van der Waals surface area contributed by atoms with Crippen molar-refractivity contribution in [3.05, 3.63) is 65.7 Å². The van der Waals surface area contributed by atoms with Gasteiger partial charge in [0.25, 0.3) is 0 Å². The second-order valence-electron chi connectivity index (χ2n) is 4.63. The first-order valence-corrected chi connectivity index (χ1v) is 6.24. The molecule has 102 valence electrons. The van der Waals surface area contributed by atoms with Crippen LogP contribution in [0.3, 0.4) is 0 Å². The van der Waals surface area contributed by atoms with Gasteiger partial charge in [0, 0.05) is 6.07 Å². The summed E-state index contributed by atoms with van der Waals surface area (Å²) in [5, 5.41) is 1.45. The molecule has 3 rings (SSSR count). The van der Waals surface area contributed by atoms with Crippen LogP contribution in [0.2, 0.25) is 0 Å². The summed E-state index contributed by atoms with van der Waals surface area (Å²) in [6.07, 6.45) is 0.237. The molecule has 1 fully saturated rings. The zero-order chi connectivity index (χ0) is 14.1. The summed E-state index contributed by atoms with van der Waals surface area (Å²) < 4.78 is 26.9. The molecule has 1 saturated heterocycles. The van der Waals surface area contributed by atoms with Crippen LogP contribution in [0, 0.1) is 11.6 Å². The van der Waals surface area contributed by atoms with Crippen LogP contribution in [0.1, 0.15) is 18.0 Å². The molecule has 1 heterocycles. The Morgan fingerprint density at radius 3 is 2.55 bits per heavy atom. The molecule has 0 radical (unpaired) electrons. The van der Waals surface area contributed by atoms with Crippen molar-refractivity contribution in [2.75, 3.05) is 5.01 Å². The van der Waals surface area contributed by atoms with Gasteiger partial charge in [-0.2, -0.15) is 0 Å². The molecular formula is C15H12F2N2O. The van der Waals surface area contributed by atoms with E-state index in [9.17, 15) is 13.6 Å². The Morgan fingerprint density at radius 1 is 1.10 bits per heavy atom. The van der Waals surface area contributed by atoms with E-state index in [2.05, 4.69) is 5.43 Å². The van der Waals surface area contributed by atoms with Gasteiger partial charge < -0.3 is 0 Å². The molecule has 5 heteroatoms. The Balaban J connectivity index is 2.00. The van der Waals surface area contributed by atoms with Crippen LogP contribution >= 0.6 is 0 Å². The lowest BCUT2D eigenvalue weighted by molar-refractivity contribution is -0.119. The van der Waals surface area contributed by atoms with Crippen LogP contribution in [0.4, 0.5) is 14.5 Å². The summed E-state index contributed by atoms with van der Waals surface area (Å²) in [5.74, 6) is -1.54. The number of halogens is 2.